The number of alkyl halides is 6. The quantitative estimate of drug-likeness (QED) is 0.298. The molecule has 4 aromatic rings. The average Bonchev–Trinajstić information content (AvgIpc) is 2.87. The first-order valence-electron chi connectivity index (χ1n) is 11.3. The molecule has 0 radical (unpaired) electrons. The van der Waals surface area contributed by atoms with Crippen molar-refractivity contribution in [3.8, 4) is 5.69 Å². The highest BCUT2D eigenvalue weighted by Crippen LogP contribution is 2.50. The Labute approximate surface area is 211 Å². The van der Waals surface area contributed by atoms with Crippen LogP contribution in [0.2, 0.25) is 0 Å². The van der Waals surface area contributed by atoms with Gasteiger partial charge in [-0.1, -0.05) is 42.5 Å². The monoisotopic (exact) mass is 537 g/mol. The summed E-state index contributed by atoms with van der Waals surface area (Å²) in [6, 6.07) is 16.4. The molecule has 3 aromatic carbocycles. The lowest BCUT2D eigenvalue weighted by Crippen LogP contribution is -2.53. The minimum Gasteiger partial charge on any atom is -0.395 e. The molecule has 0 saturated heterocycles. The molecule has 1 heterocycles. The van der Waals surface area contributed by atoms with E-state index in [-0.39, 0.29) is 36.5 Å². The van der Waals surface area contributed by atoms with E-state index < -0.39 is 29.1 Å². The van der Waals surface area contributed by atoms with Crippen LogP contribution in [0.25, 0.3) is 16.6 Å². The lowest BCUT2D eigenvalue weighted by Gasteiger charge is -2.32. The molecule has 0 aliphatic heterocycles. The molecule has 0 spiro atoms. The van der Waals surface area contributed by atoms with Crippen molar-refractivity contribution in [3.05, 3.63) is 100 Å². The van der Waals surface area contributed by atoms with E-state index >= 15 is 0 Å². The third-order valence-electron chi connectivity index (χ3n) is 5.95. The molecule has 0 unspecified atom stereocenters. The number of benzene rings is 3. The standard InChI is InChI=1S/C26H21F6N3O3/c27-25(28,29)24(38,26(30,31)32)17-6-9-19(10-7-17)35-22(14-16-4-2-1-3-5-16)34-21-11-8-18(33-12-13-36)15-20(21)23(35)37/h1-11,15,33,36,38H,12-14H2. The molecular formula is C26H21F6N3O3. The number of nitrogens with zero attached hydrogens (tertiary/aromatic N) is 2. The minimum absolute atomic E-state index is 0.0421. The number of aliphatic hydroxyl groups is 2. The van der Waals surface area contributed by atoms with E-state index in [1.807, 2.05) is 0 Å². The highest BCUT2D eigenvalue weighted by Gasteiger charge is 2.71. The van der Waals surface area contributed by atoms with E-state index in [1.54, 1.807) is 42.5 Å². The van der Waals surface area contributed by atoms with E-state index in [0.29, 0.717) is 23.3 Å². The molecule has 0 bridgehead atoms. The first kappa shape index (κ1) is 27.1. The molecule has 38 heavy (non-hydrogen) atoms. The first-order chi connectivity index (χ1) is 17.9. The lowest BCUT2D eigenvalue weighted by atomic mass is 9.92. The number of rotatable bonds is 7. The van der Waals surface area contributed by atoms with Gasteiger partial charge >= 0.3 is 12.4 Å². The number of nitrogens with one attached hydrogen (secondary N) is 1. The van der Waals surface area contributed by atoms with Crippen molar-refractivity contribution in [1.29, 1.82) is 0 Å². The fourth-order valence-electron chi connectivity index (χ4n) is 4.04. The summed E-state index contributed by atoms with van der Waals surface area (Å²) in [4.78, 5) is 18.2. The predicted molar refractivity (Wildman–Crippen MR) is 128 cm³/mol. The number of anilines is 1. The van der Waals surface area contributed by atoms with Crippen molar-refractivity contribution in [3.63, 3.8) is 0 Å². The summed E-state index contributed by atoms with van der Waals surface area (Å²) in [5.41, 5.74) is -5.60. The third kappa shape index (κ3) is 4.96. The molecule has 200 valence electrons. The van der Waals surface area contributed by atoms with Gasteiger partial charge in [-0.25, -0.2) is 4.98 Å². The van der Waals surface area contributed by atoms with Crippen LogP contribution in [0.1, 0.15) is 17.0 Å². The zero-order valence-electron chi connectivity index (χ0n) is 19.5. The summed E-state index contributed by atoms with van der Waals surface area (Å²) < 4.78 is 81.1. The number of fused-ring (bicyclic) bond motifs is 1. The van der Waals surface area contributed by atoms with Gasteiger partial charge in [0, 0.05) is 24.2 Å². The Kier molecular flexibility index (Phi) is 7.22. The molecule has 3 N–H and O–H groups in total. The van der Waals surface area contributed by atoms with Crippen molar-refractivity contribution in [2.24, 2.45) is 0 Å². The molecule has 0 amide bonds. The van der Waals surface area contributed by atoms with Gasteiger partial charge in [0.1, 0.15) is 5.82 Å². The Bertz CT molecular complexity index is 1470. The van der Waals surface area contributed by atoms with Crippen LogP contribution in [0.4, 0.5) is 32.0 Å². The van der Waals surface area contributed by atoms with E-state index in [1.165, 1.54) is 6.07 Å². The highest BCUT2D eigenvalue weighted by molar-refractivity contribution is 5.82. The van der Waals surface area contributed by atoms with Crippen LogP contribution in [0.15, 0.2) is 77.6 Å². The number of hydrogen-bond acceptors (Lipinski definition) is 5. The van der Waals surface area contributed by atoms with Gasteiger partial charge in [0.25, 0.3) is 11.2 Å². The Morgan fingerprint density at radius 3 is 2.08 bits per heavy atom. The Balaban J connectivity index is 1.89. The van der Waals surface area contributed by atoms with Crippen LogP contribution in [0, 0.1) is 0 Å². The van der Waals surface area contributed by atoms with Crippen LogP contribution in [0.3, 0.4) is 0 Å². The second-order valence-electron chi connectivity index (χ2n) is 8.47. The molecule has 0 atom stereocenters. The van der Waals surface area contributed by atoms with Gasteiger partial charge in [-0.05, 0) is 35.9 Å². The Hall–Kier alpha value is -3.90. The minimum atomic E-state index is -6.04. The summed E-state index contributed by atoms with van der Waals surface area (Å²) in [5, 5.41) is 21.8. The van der Waals surface area contributed by atoms with Crippen molar-refractivity contribution in [2.75, 3.05) is 18.5 Å². The largest absolute Gasteiger partial charge is 0.430 e. The van der Waals surface area contributed by atoms with Crippen molar-refractivity contribution >= 4 is 16.6 Å². The summed E-state index contributed by atoms with van der Waals surface area (Å²) >= 11 is 0. The smallest absolute Gasteiger partial charge is 0.395 e. The van der Waals surface area contributed by atoms with Crippen molar-refractivity contribution in [2.45, 2.75) is 24.4 Å². The molecule has 0 aliphatic carbocycles. The van der Waals surface area contributed by atoms with Gasteiger partial charge < -0.3 is 15.5 Å². The number of halogens is 6. The van der Waals surface area contributed by atoms with Crippen molar-refractivity contribution in [1.82, 2.24) is 9.55 Å². The average molecular weight is 537 g/mol. The normalized spacial score (nSPS) is 12.6. The van der Waals surface area contributed by atoms with E-state index in [4.69, 9.17) is 5.11 Å². The Morgan fingerprint density at radius 2 is 1.50 bits per heavy atom. The molecule has 1 aromatic heterocycles. The van der Waals surface area contributed by atoms with Crippen LogP contribution < -0.4 is 10.9 Å². The molecule has 0 aliphatic rings. The van der Waals surface area contributed by atoms with Crippen LogP contribution in [-0.4, -0.2) is 45.3 Å². The third-order valence-corrected chi connectivity index (χ3v) is 5.95. The molecular weight excluding hydrogens is 516 g/mol. The molecule has 4 rings (SSSR count). The highest BCUT2D eigenvalue weighted by atomic mass is 19.4. The summed E-state index contributed by atoms with van der Waals surface area (Å²) in [6.45, 7) is 0.0487. The zero-order valence-corrected chi connectivity index (χ0v) is 19.5. The van der Waals surface area contributed by atoms with Gasteiger partial charge in [0.05, 0.1) is 23.2 Å². The second kappa shape index (κ2) is 10.1. The van der Waals surface area contributed by atoms with Gasteiger partial charge in [-0.2, -0.15) is 26.3 Å². The van der Waals surface area contributed by atoms with E-state index in [2.05, 4.69) is 10.3 Å². The van der Waals surface area contributed by atoms with Gasteiger partial charge in [-0.3, -0.25) is 9.36 Å². The number of hydrogen-bond donors (Lipinski definition) is 3. The van der Waals surface area contributed by atoms with Gasteiger partial charge in [0.2, 0.25) is 0 Å². The maximum Gasteiger partial charge on any atom is 0.430 e. The van der Waals surface area contributed by atoms with Crippen LogP contribution >= 0.6 is 0 Å². The van der Waals surface area contributed by atoms with E-state index in [0.717, 1.165) is 22.3 Å². The SMILES string of the molecule is O=c1c2cc(NCCO)ccc2nc(Cc2ccccc2)n1-c1ccc(C(O)(C(F)(F)F)C(F)(F)F)cc1. The first-order valence-corrected chi connectivity index (χ1v) is 11.3. The maximum absolute atomic E-state index is 13.6. The van der Waals surface area contributed by atoms with Gasteiger partial charge in [-0.15, -0.1) is 0 Å². The fraction of sp³-hybridized carbons (Fsp3) is 0.231. The number of aliphatic hydroxyl groups excluding tert-OH is 1. The number of aromatic nitrogens is 2. The molecule has 0 fully saturated rings. The second-order valence-corrected chi connectivity index (χ2v) is 8.47. The Morgan fingerprint density at radius 1 is 0.868 bits per heavy atom. The predicted octanol–water partition coefficient (Wildman–Crippen LogP) is 4.69. The van der Waals surface area contributed by atoms with Gasteiger partial charge in [0.15, 0.2) is 0 Å². The topological polar surface area (TPSA) is 87.4 Å². The van der Waals surface area contributed by atoms with Crippen molar-refractivity contribution < 1.29 is 36.6 Å². The lowest BCUT2D eigenvalue weighted by molar-refractivity contribution is -0.376. The molecule has 0 saturated carbocycles. The summed E-state index contributed by atoms with van der Waals surface area (Å²) in [6.07, 6.45) is -11.9. The van der Waals surface area contributed by atoms with Crippen LogP contribution in [-0.2, 0) is 12.0 Å². The molecule has 6 nitrogen and oxygen atoms in total. The maximum atomic E-state index is 13.6. The van der Waals surface area contributed by atoms with Crippen LogP contribution in [0.5, 0.6) is 0 Å². The fourth-order valence-corrected chi connectivity index (χ4v) is 4.04. The zero-order chi connectivity index (χ0) is 27.7. The summed E-state index contributed by atoms with van der Waals surface area (Å²) in [5.74, 6) is 0.194. The molecule has 12 heteroatoms. The summed E-state index contributed by atoms with van der Waals surface area (Å²) in [7, 11) is 0. The van der Waals surface area contributed by atoms with E-state index in [9.17, 15) is 36.2 Å².